The molecule has 1 atom stereocenters. The lowest BCUT2D eigenvalue weighted by Gasteiger charge is -2.35. The zero-order valence-corrected chi connectivity index (χ0v) is 10.2. The van der Waals surface area contributed by atoms with Crippen molar-refractivity contribution in [2.24, 2.45) is 0 Å². The van der Waals surface area contributed by atoms with Crippen LogP contribution in [0.5, 0.6) is 0 Å². The molecule has 5 heteroatoms. The molecule has 0 amide bonds. The van der Waals surface area contributed by atoms with Gasteiger partial charge in [-0.2, -0.15) is 0 Å². The molecular formula is C13H18F2N2O. The van der Waals surface area contributed by atoms with Crippen LogP contribution < -0.4 is 5.32 Å². The topological polar surface area (TPSA) is 35.5 Å². The van der Waals surface area contributed by atoms with Crippen LogP contribution in [0.25, 0.3) is 0 Å². The molecule has 1 aromatic carbocycles. The SMILES string of the molecule is OCC[C@H](c1ccc(F)cc1F)N1CCNCC1. The molecular weight excluding hydrogens is 238 g/mol. The van der Waals surface area contributed by atoms with Gasteiger partial charge in [-0.05, 0) is 12.5 Å². The number of hydrogen-bond donors (Lipinski definition) is 2. The third-order valence-corrected chi connectivity index (χ3v) is 3.32. The maximum Gasteiger partial charge on any atom is 0.130 e. The molecule has 0 unspecified atom stereocenters. The summed E-state index contributed by atoms with van der Waals surface area (Å²) in [7, 11) is 0. The van der Waals surface area contributed by atoms with Crippen LogP contribution in [0.3, 0.4) is 0 Å². The summed E-state index contributed by atoms with van der Waals surface area (Å²) in [5, 5.41) is 12.4. The number of nitrogens with one attached hydrogen (secondary N) is 1. The van der Waals surface area contributed by atoms with Crippen LogP contribution in [-0.2, 0) is 0 Å². The Balaban J connectivity index is 2.22. The fraction of sp³-hybridized carbons (Fsp3) is 0.538. The van der Waals surface area contributed by atoms with E-state index in [2.05, 4.69) is 10.2 Å². The van der Waals surface area contributed by atoms with E-state index in [1.165, 1.54) is 12.1 Å². The van der Waals surface area contributed by atoms with Gasteiger partial charge in [0.05, 0.1) is 0 Å². The second-order valence-corrected chi connectivity index (χ2v) is 4.48. The summed E-state index contributed by atoms with van der Waals surface area (Å²) < 4.78 is 26.7. The van der Waals surface area contributed by atoms with Crippen molar-refractivity contribution in [3.63, 3.8) is 0 Å². The smallest absolute Gasteiger partial charge is 0.130 e. The average molecular weight is 256 g/mol. The molecule has 0 spiro atoms. The number of aliphatic hydroxyl groups excluding tert-OH is 1. The molecule has 1 aromatic rings. The van der Waals surface area contributed by atoms with Crippen LogP contribution in [0.2, 0.25) is 0 Å². The number of aliphatic hydroxyl groups is 1. The Morgan fingerprint density at radius 1 is 1.28 bits per heavy atom. The molecule has 100 valence electrons. The van der Waals surface area contributed by atoms with Crippen molar-refractivity contribution in [1.82, 2.24) is 10.2 Å². The highest BCUT2D eigenvalue weighted by Gasteiger charge is 2.24. The minimum absolute atomic E-state index is 0.00852. The fourth-order valence-electron chi connectivity index (χ4n) is 2.42. The van der Waals surface area contributed by atoms with Gasteiger partial charge in [-0.25, -0.2) is 8.78 Å². The van der Waals surface area contributed by atoms with E-state index in [1.807, 2.05) is 0 Å². The van der Waals surface area contributed by atoms with Crippen molar-refractivity contribution in [3.05, 3.63) is 35.4 Å². The van der Waals surface area contributed by atoms with Crippen LogP contribution in [0.15, 0.2) is 18.2 Å². The first kappa shape index (κ1) is 13.4. The molecule has 0 saturated carbocycles. The van der Waals surface area contributed by atoms with Gasteiger partial charge in [-0.1, -0.05) is 6.07 Å². The molecule has 0 radical (unpaired) electrons. The quantitative estimate of drug-likeness (QED) is 0.852. The highest BCUT2D eigenvalue weighted by molar-refractivity contribution is 5.22. The monoisotopic (exact) mass is 256 g/mol. The summed E-state index contributed by atoms with van der Waals surface area (Å²) in [6.07, 6.45) is 0.461. The van der Waals surface area contributed by atoms with Crippen LogP contribution >= 0.6 is 0 Å². The molecule has 0 bridgehead atoms. The number of benzene rings is 1. The van der Waals surface area contributed by atoms with Crippen molar-refractivity contribution in [1.29, 1.82) is 0 Å². The van der Waals surface area contributed by atoms with Gasteiger partial charge in [0.15, 0.2) is 0 Å². The summed E-state index contributed by atoms with van der Waals surface area (Å²) in [5.41, 5.74) is 0.465. The lowest BCUT2D eigenvalue weighted by atomic mass is 10.0. The first-order valence-corrected chi connectivity index (χ1v) is 6.23. The van der Waals surface area contributed by atoms with Gasteiger partial charge >= 0.3 is 0 Å². The Morgan fingerprint density at radius 3 is 2.61 bits per heavy atom. The molecule has 0 aromatic heterocycles. The Labute approximate surface area is 105 Å². The first-order valence-electron chi connectivity index (χ1n) is 6.23. The maximum atomic E-state index is 13.8. The third-order valence-electron chi connectivity index (χ3n) is 3.32. The van der Waals surface area contributed by atoms with E-state index in [0.29, 0.717) is 12.0 Å². The fourth-order valence-corrected chi connectivity index (χ4v) is 2.42. The summed E-state index contributed by atoms with van der Waals surface area (Å²) in [6.45, 7) is 3.31. The van der Waals surface area contributed by atoms with Gasteiger partial charge in [0.1, 0.15) is 11.6 Å². The molecule has 2 N–H and O–H groups in total. The van der Waals surface area contributed by atoms with Crippen LogP contribution in [-0.4, -0.2) is 42.8 Å². The molecule has 1 aliphatic heterocycles. The summed E-state index contributed by atoms with van der Waals surface area (Å²) in [6, 6.07) is 3.47. The van der Waals surface area contributed by atoms with E-state index in [-0.39, 0.29) is 12.6 Å². The van der Waals surface area contributed by atoms with E-state index >= 15 is 0 Å². The number of halogens is 2. The summed E-state index contributed by atoms with van der Waals surface area (Å²) in [4.78, 5) is 2.13. The van der Waals surface area contributed by atoms with Gasteiger partial charge in [-0.3, -0.25) is 4.90 Å². The van der Waals surface area contributed by atoms with Gasteiger partial charge < -0.3 is 10.4 Å². The highest BCUT2D eigenvalue weighted by atomic mass is 19.1. The number of piperazine rings is 1. The molecule has 18 heavy (non-hydrogen) atoms. The molecule has 1 aliphatic rings. The van der Waals surface area contributed by atoms with Crippen molar-refractivity contribution in [2.75, 3.05) is 32.8 Å². The lowest BCUT2D eigenvalue weighted by Crippen LogP contribution is -2.45. The number of hydrogen-bond acceptors (Lipinski definition) is 3. The molecule has 0 aliphatic carbocycles. The predicted octanol–water partition coefficient (Wildman–Crippen LogP) is 1.29. The van der Waals surface area contributed by atoms with E-state index < -0.39 is 11.6 Å². The normalized spacial score (nSPS) is 18.8. The maximum absolute atomic E-state index is 13.8. The van der Waals surface area contributed by atoms with Gasteiger partial charge in [0.2, 0.25) is 0 Å². The molecule has 3 nitrogen and oxygen atoms in total. The Hall–Kier alpha value is -1.04. The highest BCUT2D eigenvalue weighted by Crippen LogP contribution is 2.27. The minimum atomic E-state index is -0.570. The second kappa shape index (κ2) is 6.22. The largest absolute Gasteiger partial charge is 0.396 e. The standard InChI is InChI=1S/C13H18F2N2O/c14-10-1-2-11(12(15)9-10)13(3-8-18)17-6-4-16-5-7-17/h1-2,9,13,16,18H,3-8H2/t13-/m1/s1. The number of nitrogens with zero attached hydrogens (tertiary/aromatic N) is 1. The van der Waals surface area contributed by atoms with Crippen molar-refractivity contribution >= 4 is 0 Å². The summed E-state index contributed by atoms with van der Waals surface area (Å²) in [5.74, 6) is -1.11. The first-order chi connectivity index (χ1) is 8.72. The van der Waals surface area contributed by atoms with Gasteiger partial charge in [0, 0.05) is 50.5 Å². The average Bonchev–Trinajstić information content (AvgIpc) is 2.38. The van der Waals surface area contributed by atoms with Gasteiger partial charge in [0.25, 0.3) is 0 Å². The zero-order valence-electron chi connectivity index (χ0n) is 10.2. The number of rotatable bonds is 4. The molecule has 1 saturated heterocycles. The second-order valence-electron chi connectivity index (χ2n) is 4.48. The van der Waals surface area contributed by atoms with E-state index in [9.17, 15) is 8.78 Å². The van der Waals surface area contributed by atoms with Crippen LogP contribution in [0, 0.1) is 11.6 Å². The Bertz CT molecular complexity index is 395. The van der Waals surface area contributed by atoms with Crippen molar-refractivity contribution < 1.29 is 13.9 Å². The lowest BCUT2D eigenvalue weighted by molar-refractivity contribution is 0.138. The van der Waals surface area contributed by atoms with E-state index in [1.54, 1.807) is 0 Å². The molecule has 1 fully saturated rings. The third kappa shape index (κ3) is 3.04. The van der Waals surface area contributed by atoms with E-state index in [4.69, 9.17) is 5.11 Å². The van der Waals surface area contributed by atoms with Gasteiger partial charge in [-0.15, -0.1) is 0 Å². The molecule has 2 rings (SSSR count). The minimum Gasteiger partial charge on any atom is -0.396 e. The van der Waals surface area contributed by atoms with Crippen LogP contribution in [0.1, 0.15) is 18.0 Å². The summed E-state index contributed by atoms with van der Waals surface area (Å²) >= 11 is 0. The van der Waals surface area contributed by atoms with Crippen LogP contribution in [0.4, 0.5) is 8.78 Å². The Morgan fingerprint density at radius 2 is 2.00 bits per heavy atom. The molecule has 1 heterocycles. The van der Waals surface area contributed by atoms with E-state index in [0.717, 1.165) is 32.2 Å². The van der Waals surface area contributed by atoms with Crippen molar-refractivity contribution in [3.8, 4) is 0 Å². The van der Waals surface area contributed by atoms with Crippen molar-refractivity contribution in [2.45, 2.75) is 12.5 Å². The zero-order chi connectivity index (χ0) is 13.0. The Kier molecular flexibility index (Phi) is 4.63. The predicted molar refractivity (Wildman–Crippen MR) is 65.2 cm³/mol.